The first-order valence-corrected chi connectivity index (χ1v) is 8.67. The fourth-order valence-electron chi connectivity index (χ4n) is 3.83. The van der Waals surface area contributed by atoms with Crippen molar-refractivity contribution in [2.24, 2.45) is 0 Å². The molecule has 1 aliphatic heterocycles. The molecule has 1 aliphatic carbocycles. The highest BCUT2D eigenvalue weighted by Gasteiger charge is 2.52. The van der Waals surface area contributed by atoms with Crippen LogP contribution in [0.15, 0.2) is 60.9 Å². The van der Waals surface area contributed by atoms with Crippen molar-refractivity contribution in [2.45, 2.75) is 24.7 Å². The summed E-state index contributed by atoms with van der Waals surface area (Å²) in [5.41, 5.74) is 4.55. The monoisotopic (exact) mass is 331 g/mol. The number of anilines is 2. The van der Waals surface area contributed by atoms with E-state index in [1.54, 1.807) is 12.1 Å². The molecule has 1 spiro atoms. The van der Waals surface area contributed by atoms with Gasteiger partial charge in [-0.25, -0.2) is 14.4 Å². The lowest BCUT2D eigenvalue weighted by Gasteiger charge is -2.17. The van der Waals surface area contributed by atoms with Crippen LogP contribution in [0, 0.1) is 5.82 Å². The highest BCUT2D eigenvalue weighted by atomic mass is 19.1. The topological polar surface area (TPSA) is 29.0 Å². The van der Waals surface area contributed by atoms with Crippen LogP contribution in [0.3, 0.4) is 0 Å². The Morgan fingerprint density at radius 1 is 0.960 bits per heavy atom. The molecule has 4 heteroatoms. The Bertz CT molecular complexity index is 932. The summed E-state index contributed by atoms with van der Waals surface area (Å²) < 4.78 is 13.8. The van der Waals surface area contributed by atoms with E-state index in [1.807, 2.05) is 18.5 Å². The fourth-order valence-corrected chi connectivity index (χ4v) is 3.83. The smallest absolute Gasteiger partial charge is 0.229 e. The van der Waals surface area contributed by atoms with E-state index in [-0.39, 0.29) is 5.82 Å². The molecule has 0 unspecified atom stereocenters. The number of nitrogens with zero attached hydrogens (tertiary/aromatic N) is 3. The number of hydrogen-bond donors (Lipinski definition) is 0. The minimum Gasteiger partial charge on any atom is -0.309 e. The van der Waals surface area contributed by atoms with Gasteiger partial charge in [-0.05, 0) is 41.7 Å². The lowest BCUT2D eigenvalue weighted by atomic mass is 9.99. The highest BCUT2D eigenvalue weighted by Crippen LogP contribution is 2.57. The number of halogens is 1. The molecule has 1 saturated carbocycles. The molecule has 25 heavy (non-hydrogen) atoms. The maximum atomic E-state index is 13.8. The summed E-state index contributed by atoms with van der Waals surface area (Å²) in [5.74, 6) is 0.546. The number of fused-ring (bicyclic) bond motifs is 2. The van der Waals surface area contributed by atoms with Crippen LogP contribution in [-0.2, 0) is 11.8 Å². The van der Waals surface area contributed by atoms with Gasteiger partial charge in [0.15, 0.2) is 0 Å². The first-order chi connectivity index (χ1) is 12.3. The molecule has 5 rings (SSSR count). The van der Waals surface area contributed by atoms with Crippen molar-refractivity contribution in [3.63, 3.8) is 0 Å². The summed E-state index contributed by atoms with van der Waals surface area (Å²) in [7, 11) is 0. The molecule has 124 valence electrons. The summed E-state index contributed by atoms with van der Waals surface area (Å²) in [5, 5.41) is 0. The molecule has 3 nitrogen and oxygen atoms in total. The average Bonchev–Trinajstić information content (AvgIpc) is 3.35. The Morgan fingerprint density at radius 3 is 2.44 bits per heavy atom. The van der Waals surface area contributed by atoms with Gasteiger partial charge in [0.05, 0.1) is 0 Å². The molecule has 0 saturated heterocycles. The van der Waals surface area contributed by atoms with Crippen molar-refractivity contribution < 1.29 is 4.39 Å². The van der Waals surface area contributed by atoms with Gasteiger partial charge >= 0.3 is 0 Å². The van der Waals surface area contributed by atoms with E-state index in [0.29, 0.717) is 17.4 Å². The first-order valence-electron chi connectivity index (χ1n) is 8.67. The summed E-state index contributed by atoms with van der Waals surface area (Å²) in [6, 6.07) is 15.4. The predicted molar refractivity (Wildman–Crippen MR) is 95.6 cm³/mol. The molecule has 2 aliphatic rings. The van der Waals surface area contributed by atoms with Crippen molar-refractivity contribution in [3.8, 4) is 0 Å². The number of rotatable bonds is 3. The first kappa shape index (κ1) is 14.6. The number of para-hydroxylation sites is 1. The van der Waals surface area contributed by atoms with Crippen LogP contribution in [0.1, 0.15) is 29.5 Å². The molecular weight excluding hydrogens is 313 g/mol. The van der Waals surface area contributed by atoms with Crippen molar-refractivity contribution >= 4 is 11.6 Å². The molecule has 0 bridgehead atoms. The van der Waals surface area contributed by atoms with Gasteiger partial charge in [-0.15, -0.1) is 0 Å². The second-order valence-corrected chi connectivity index (χ2v) is 7.04. The van der Waals surface area contributed by atoms with Gasteiger partial charge in [0, 0.05) is 36.5 Å². The van der Waals surface area contributed by atoms with E-state index in [9.17, 15) is 4.39 Å². The second-order valence-electron chi connectivity index (χ2n) is 7.04. The average molecular weight is 331 g/mol. The molecule has 2 aromatic carbocycles. The van der Waals surface area contributed by atoms with Gasteiger partial charge in [0.25, 0.3) is 0 Å². The van der Waals surface area contributed by atoms with E-state index in [1.165, 1.54) is 30.2 Å². The molecule has 0 radical (unpaired) electrons. The van der Waals surface area contributed by atoms with Crippen LogP contribution in [0.25, 0.3) is 0 Å². The summed E-state index contributed by atoms with van der Waals surface area (Å²) >= 11 is 0. The quantitative estimate of drug-likeness (QED) is 0.713. The van der Waals surface area contributed by atoms with Crippen molar-refractivity contribution in [1.29, 1.82) is 0 Å². The van der Waals surface area contributed by atoms with E-state index in [0.717, 1.165) is 18.1 Å². The van der Waals surface area contributed by atoms with Crippen molar-refractivity contribution in [2.75, 3.05) is 11.4 Å². The van der Waals surface area contributed by atoms with Gasteiger partial charge in [0.2, 0.25) is 5.95 Å². The van der Waals surface area contributed by atoms with Crippen molar-refractivity contribution in [3.05, 3.63) is 83.4 Å². The molecule has 0 N–H and O–H groups in total. The van der Waals surface area contributed by atoms with Crippen LogP contribution in [-0.4, -0.2) is 16.5 Å². The van der Waals surface area contributed by atoms with Crippen LogP contribution < -0.4 is 4.90 Å². The third-order valence-electron chi connectivity index (χ3n) is 5.37. The maximum absolute atomic E-state index is 13.8. The van der Waals surface area contributed by atoms with Gasteiger partial charge in [0.1, 0.15) is 5.82 Å². The number of hydrogen-bond acceptors (Lipinski definition) is 3. The van der Waals surface area contributed by atoms with Gasteiger partial charge < -0.3 is 4.90 Å². The molecule has 0 amide bonds. The van der Waals surface area contributed by atoms with Crippen LogP contribution >= 0.6 is 0 Å². The van der Waals surface area contributed by atoms with Gasteiger partial charge in [-0.3, -0.25) is 0 Å². The fraction of sp³-hybridized carbons (Fsp3) is 0.238. The molecule has 0 atom stereocenters. The summed E-state index contributed by atoms with van der Waals surface area (Å²) in [6.07, 6.45) is 6.62. The zero-order valence-electron chi connectivity index (χ0n) is 13.8. The van der Waals surface area contributed by atoms with E-state index in [4.69, 9.17) is 0 Å². The Hall–Kier alpha value is -2.75. The third kappa shape index (κ3) is 2.40. The number of aromatic nitrogens is 2. The highest BCUT2D eigenvalue weighted by molar-refractivity contribution is 5.70. The minimum atomic E-state index is -0.185. The standard InChI is InChI=1S/C21H18FN3/c22-18-7-3-1-5-16(18)11-15-12-23-20(24-13-15)25-14-21(9-10-21)17-6-2-4-8-19(17)25/h1-8,12-13H,9-11,14H2. The largest absolute Gasteiger partial charge is 0.309 e. The number of benzene rings is 2. The summed E-state index contributed by atoms with van der Waals surface area (Å²) in [6.45, 7) is 0.957. The molecule has 1 aromatic heterocycles. The molecular formula is C21H18FN3. The SMILES string of the molecule is Fc1ccccc1Cc1cnc(N2CC3(CC3)c3ccccc32)nc1. The third-order valence-corrected chi connectivity index (χ3v) is 5.37. The zero-order chi connectivity index (χ0) is 16.9. The molecule has 2 heterocycles. The van der Waals surface area contributed by atoms with E-state index in [2.05, 4.69) is 39.1 Å². The van der Waals surface area contributed by atoms with Gasteiger partial charge in [-0.2, -0.15) is 0 Å². The van der Waals surface area contributed by atoms with Crippen LogP contribution in [0.2, 0.25) is 0 Å². The zero-order valence-corrected chi connectivity index (χ0v) is 13.8. The molecule has 1 fully saturated rings. The minimum absolute atomic E-state index is 0.185. The second kappa shape index (κ2) is 5.38. The van der Waals surface area contributed by atoms with E-state index < -0.39 is 0 Å². The van der Waals surface area contributed by atoms with Crippen LogP contribution in [0.4, 0.5) is 16.0 Å². The Labute approximate surface area is 146 Å². The lowest BCUT2D eigenvalue weighted by molar-refractivity contribution is 0.614. The van der Waals surface area contributed by atoms with Crippen LogP contribution in [0.5, 0.6) is 0 Å². The van der Waals surface area contributed by atoms with Crippen molar-refractivity contribution in [1.82, 2.24) is 9.97 Å². The predicted octanol–water partition coefficient (Wildman–Crippen LogP) is 4.39. The Kier molecular flexibility index (Phi) is 3.14. The maximum Gasteiger partial charge on any atom is 0.229 e. The molecule has 3 aromatic rings. The van der Waals surface area contributed by atoms with E-state index >= 15 is 0 Å². The summed E-state index contributed by atoms with van der Waals surface area (Å²) in [4.78, 5) is 11.4. The normalized spacial score (nSPS) is 16.9. The van der Waals surface area contributed by atoms with Gasteiger partial charge in [-0.1, -0.05) is 36.4 Å². The lowest BCUT2D eigenvalue weighted by Crippen LogP contribution is -2.21. The Balaban J connectivity index is 1.42. The Morgan fingerprint density at radius 2 is 1.68 bits per heavy atom.